The Balaban J connectivity index is 2.64. The van der Waals surface area contributed by atoms with Gasteiger partial charge in [-0.3, -0.25) is 0 Å². The van der Waals surface area contributed by atoms with Crippen LogP contribution in [0.15, 0.2) is 23.1 Å². The van der Waals surface area contributed by atoms with Gasteiger partial charge in [-0.25, -0.2) is 4.79 Å². The highest BCUT2D eigenvalue weighted by molar-refractivity contribution is 7.99. The van der Waals surface area contributed by atoms with Crippen LogP contribution in [-0.2, 0) is 4.74 Å². The van der Waals surface area contributed by atoms with E-state index in [1.807, 2.05) is 19.9 Å². The van der Waals surface area contributed by atoms with Gasteiger partial charge in [0.2, 0.25) is 0 Å². The molecule has 0 atom stereocenters. The number of ether oxygens (including phenoxy) is 1. The molecule has 5 heteroatoms. The van der Waals surface area contributed by atoms with Crippen LogP contribution in [0.1, 0.15) is 30.6 Å². The van der Waals surface area contributed by atoms with Gasteiger partial charge in [0.1, 0.15) is 0 Å². The van der Waals surface area contributed by atoms with Gasteiger partial charge in [-0.1, -0.05) is 11.6 Å². The molecule has 0 spiro atoms. The molecular weight excluding hydrogens is 272 g/mol. The average molecular weight is 289 g/mol. The van der Waals surface area contributed by atoms with Crippen molar-refractivity contribution in [1.29, 1.82) is 0 Å². The Morgan fingerprint density at radius 1 is 1.50 bits per heavy atom. The molecule has 0 aliphatic rings. The number of carboxylic acids is 1. The minimum absolute atomic E-state index is 0.146. The Bertz CT molecular complexity index is 432. The molecule has 0 saturated heterocycles. The number of hydrogen-bond donors (Lipinski definition) is 1. The molecule has 0 heterocycles. The molecule has 1 N–H and O–H groups in total. The molecule has 0 radical (unpaired) electrons. The van der Waals surface area contributed by atoms with Crippen LogP contribution >= 0.6 is 23.4 Å². The molecule has 0 aliphatic carbocycles. The standard InChI is InChI=1S/C13H17ClO3S/c1-13(2,17-3)6-7-18-9-4-5-11(14)10(8-9)12(15)16/h4-5,8H,6-7H2,1-3H3,(H,15,16). The van der Waals surface area contributed by atoms with E-state index in [0.29, 0.717) is 0 Å². The summed E-state index contributed by atoms with van der Waals surface area (Å²) < 4.78 is 5.33. The normalized spacial score (nSPS) is 11.6. The quantitative estimate of drug-likeness (QED) is 0.805. The summed E-state index contributed by atoms with van der Waals surface area (Å²) in [5, 5.41) is 9.24. The average Bonchev–Trinajstić information content (AvgIpc) is 2.31. The van der Waals surface area contributed by atoms with E-state index in [0.717, 1.165) is 17.1 Å². The Labute approximate surface area is 116 Å². The monoisotopic (exact) mass is 288 g/mol. The second-order valence-electron chi connectivity index (χ2n) is 4.51. The number of aromatic carboxylic acids is 1. The second kappa shape index (κ2) is 6.45. The summed E-state index contributed by atoms with van der Waals surface area (Å²) in [4.78, 5) is 11.8. The van der Waals surface area contributed by atoms with Gasteiger partial charge in [-0.15, -0.1) is 11.8 Å². The lowest BCUT2D eigenvalue weighted by molar-refractivity contribution is 0.0206. The van der Waals surface area contributed by atoms with E-state index < -0.39 is 5.97 Å². The van der Waals surface area contributed by atoms with E-state index in [1.54, 1.807) is 31.0 Å². The van der Waals surface area contributed by atoms with Crippen LogP contribution in [0, 0.1) is 0 Å². The summed E-state index contributed by atoms with van der Waals surface area (Å²) in [7, 11) is 1.69. The number of rotatable bonds is 6. The molecule has 1 aromatic carbocycles. The number of carboxylic acid groups (broad SMARTS) is 1. The maximum atomic E-state index is 10.9. The van der Waals surface area contributed by atoms with Crippen LogP contribution in [0.5, 0.6) is 0 Å². The highest BCUT2D eigenvalue weighted by Gasteiger charge is 2.16. The zero-order valence-corrected chi connectivity index (χ0v) is 12.3. The van der Waals surface area contributed by atoms with Gasteiger partial charge in [0, 0.05) is 17.8 Å². The molecule has 0 amide bonds. The van der Waals surface area contributed by atoms with Crippen LogP contribution in [-0.4, -0.2) is 29.5 Å². The first kappa shape index (κ1) is 15.3. The zero-order valence-electron chi connectivity index (χ0n) is 10.7. The topological polar surface area (TPSA) is 46.5 Å². The third-order valence-electron chi connectivity index (χ3n) is 2.69. The van der Waals surface area contributed by atoms with Crippen LogP contribution in [0.3, 0.4) is 0 Å². The zero-order chi connectivity index (χ0) is 13.8. The second-order valence-corrected chi connectivity index (χ2v) is 6.08. The van der Waals surface area contributed by atoms with Crippen molar-refractivity contribution < 1.29 is 14.6 Å². The minimum Gasteiger partial charge on any atom is -0.478 e. The molecular formula is C13H17ClO3S. The molecule has 0 aliphatic heterocycles. The van der Waals surface area contributed by atoms with Crippen molar-refractivity contribution >= 4 is 29.3 Å². The van der Waals surface area contributed by atoms with E-state index in [1.165, 1.54) is 0 Å². The lowest BCUT2D eigenvalue weighted by atomic mass is 10.1. The Morgan fingerprint density at radius 3 is 2.72 bits per heavy atom. The Morgan fingerprint density at radius 2 is 2.17 bits per heavy atom. The lowest BCUT2D eigenvalue weighted by Crippen LogP contribution is -2.22. The molecule has 1 aromatic rings. The predicted molar refractivity (Wildman–Crippen MR) is 74.8 cm³/mol. The van der Waals surface area contributed by atoms with Gasteiger partial charge in [0.15, 0.2) is 0 Å². The van der Waals surface area contributed by atoms with E-state index >= 15 is 0 Å². The first-order chi connectivity index (χ1) is 8.35. The van der Waals surface area contributed by atoms with Crippen molar-refractivity contribution in [2.75, 3.05) is 12.9 Å². The molecule has 0 saturated carbocycles. The largest absolute Gasteiger partial charge is 0.478 e. The van der Waals surface area contributed by atoms with E-state index in [4.69, 9.17) is 21.4 Å². The van der Waals surface area contributed by atoms with Crippen molar-refractivity contribution in [3.8, 4) is 0 Å². The summed E-state index contributed by atoms with van der Waals surface area (Å²) in [6.45, 7) is 4.05. The van der Waals surface area contributed by atoms with Crippen molar-refractivity contribution in [3.63, 3.8) is 0 Å². The fourth-order valence-corrected chi connectivity index (χ4v) is 2.67. The molecule has 18 heavy (non-hydrogen) atoms. The molecule has 0 bridgehead atoms. The SMILES string of the molecule is COC(C)(C)CCSc1ccc(Cl)c(C(=O)O)c1. The fraction of sp³-hybridized carbons (Fsp3) is 0.462. The Kier molecular flexibility index (Phi) is 5.50. The van der Waals surface area contributed by atoms with Crippen LogP contribution in [0.2, 0.25) is 5.02 Å². The van der Waals surface area contributed by atoms with Crippen molar-refractivity contribution in [3.05, 3.63) is 28.8 Å². The molecule has 3 nitrogen and oxygen atoms in total. The van der Waals surface area contributed by atoms with Crippen molar-refractivity contribution in [2.45, 2.75) is 30.8 Å². The first-order valence-electron chi connectivity index (χ1n) is 5.56. The van der Waals surface area contributed by atoms with Crippen LogP contribution in [0.4, 0.5) is 0 Å². The third-order valence-corrected chi connectivity index (χ3v) is 4.02. The van der Waals surface area contributed by atoms with Crippen molar-refractivity contribution in [2.24, 2.45) is 0 Å². The minimum atomic E-state index is -1.00. The summed E-state index contributed by atoms with van der Waals surface area (Å²) in [5.41, 5.74) is -0.0117. The maximum Gasteiger partial charge on any atom is 0.337 e. The maximum absolute atomic E-state index is 10.9. The number of halogens is 1. The molecule has 0 aromatic heterocycles. The van der Waals surface area contributed by atoms with Gasteiger partial charge in [-0.05, 0) is 38.5 Å². The highest BCUT2D eigenvalue weighted by atomic mass is 35.5. The Hall–Kier alpha value is -0.710. The van der Waals surface area contributed by atoms with Gasteiger partial charge in [0.05, 0.1) is 16.2 Å². The summed E-state index contributed by atoms with van der Waals surface area (Å²) in [6, 6.07) is 5.06. The highest BCUT2D eigenvalue weighted by Crippen LogP contribution is 2.27. The van der Waals surface area contributed by atoms with Gasteiger partial charge in [-0.2, -0.15) is 0 Å². The summed E-state index contributed by atoms with van der Waals surface area (Å²) in [6.07, 6.45) is 0.888. The number of benzene rings is 1. The van der Waals surface area contributed by atoms with E-state index in [2.05, 4.69) is 0 Å². The fourth-order valence-electron chi connectivity index (χ4n) is 1.27. The van der Waals surface area contributed by atoms with E-state index in [9.17, 15) is 4.79 Å². The van der Waals surface area contributed by atoms with Crippen LogP contribution < -0.4 is 0 Å². The third kappa shape index (κ3) is 4.52. The number of methoxy groups -OCH3 is 1. The smallest absolute Gasteiger partial charge is 0.337 e. The molecule has 1 rings (SSSR count). The predicted octanol–water partition coefficient (Wildman–Crippen LogP) is 3.95. The number of hydrogen-bond acceptors (Lipinski definition) is 3. The molecule has 0 unspecified atom stereocenters. The van der Waals surface area contributed by atoms with Gasteiger partial charge < -0.3 is 9.84 Å². The molecule has 0 fully saturated rings. The van der Waals surface area contributed by atoms with E-state index in [-0.39, 0.29) is 16.2 Å². The van der Waals surface area contributed by atoms with Crippen LogP contribution in [0.25, 0.3) is 0 Å². The summed E-state index contributed by atoms with van der Waals surface area (Å²) in [5.74, 6) is -0.138. The lowest BCUT2D eigenvalue weighted by Gasteiger charge is -2.22. The van der Waals surface area contributed by atoms with Gasteiger partial charge >= 0.3 is 5.97 Å². The van der Waals surface area contributed by atoms with Gasteiger partial charge in [0.25, 0.3) is 0 Å². The molecule has 100 valence electrons. The number of carbonyl (C=O) groups is 1. The summed E-state index contributed by atoms with van der Waals surface area (Å²) >= 11 is 7.41. The first-order valence-corrected chi connectivity index (χ1v) is 6.93. The van der Waals surface area contributed by atoms with Crippen molar-refractivity contribution in [1.82, 2.24) is 0 Å². The number of thioether (sulfide) groups is 1.